The molecule has 1 aliphatic heterocycles. The van der Waals surface area contributed by atoms with Crippen molar-refractivity contribution in [3.8, 4) is 0 Å². The van der Waals surface area contributed by atoms with Gasteiger partial charge in [0.05, 0.1) is 5.41 Å². The highest BCUT2D eigenvalue weighted by atomic mass is 16.5. The van der Waals surface area contributed by atoms with Gasteiger partial charge in [-0.3, -0.25) is 19.2 Å². The Hall–Kier alpha value is -1.82. The van der Waals surface area contributed by atoms with E-state index in [-0.39, 0.29) is 53.2 Å². The summed E-state index contributed by atoms with van der Waals surface area (Å²) >= 11 is 0. The Bertz CT molecular complexity index is 940. The number of likely N-dealkylation sites (tertiary alicyclic amines) is 1. The number of carbonyl (C=O) groups excluding carboxylic acids is 4. The molecule has 6 bridgehead atoms. The van der Waals surface area contributed by atoms with Gasteiger partial charge in [-0.2, -0.15) is 0 Å². The van der Waals surface area contributed by atoms with Crippen LogP contribution < -0.4 is 0 Å². The Morgan fingerprint density at radius 1 is 1.24 bits per heavy atom. The van der Waals surface area contributed by atoms with Crippen molar-refractivity contribution in [3.63, 3.8) is 0 Å². The molecular weight excluding hydrogens is 370 g/mol. The minimum atomic E-state index is -0.918. The Morgan fingerprint density at radius 2 is 1.97 bits per heavy atom. The number of Topliss-reactive ketones (excluding diaryl/α,β-unsaturated/α-hetero) is 3. The lowest BCUT2D eigenvalue weighted by Gasteiger charge is -2.66. The number of rotatable bonds is 1. The Kier molecular flexibility index (Phi) is 3.04. The van der Waals surface area contributed by atoms with Crippen molar-refractivity contribution >= 4 is 23.3 Å². The van der Waals surface area contributed by atoms with Crippen molar-refractivity contribution in [1.82, 2.24) is 4.90 Å². The molecule has 7 aliphatic rings. The molecule has 0 aromatic heterocycles. The normalized spacial score (nSPS) is 54.7. The van der Waals surface area contributed by atoms with Gasteiger partial charge < -0.3 is 9.64 Å². The van der Waals surface area contributed by atoms with Crippen LogP contribution in [0.15, 0.2) is 12.2 Å². The van der Waals surface area contributed by atoms with Crippen molar-refractivity contribution in [1.29, 1.82) is 0 Å². The van der Waals surface area contributed by atoms with Crippen molar-refractivity contribution in [2.45, 2.75) is 51.7 Å². The van der Waals surface area contributed by atoms with Crippen LogP contribution in [0.4, 0.5) is 0 Å². The maximum Gasteiger partial charge on any atom is 0.302 e. The molecular formula is C23H27NO5. The lowest BCUT2D eigenvalue weighted by molar-refractivity contribution is -0.207. The summed E-state index contributed by atoms with van der Waals surface area (Å²) < 4.78 is 5.72. The topological polar surface area (TPSA) is 80.8 Å². The first kappa shape index (κ1) is 18.0. The van der Waals surface area contributed by atoms with Crippen molar-refractivity contribution in [2.24, 2.45) is 39.9 Å². The van der Waals surface area contributed by atoms with E-state index in [9.17, 15) is 19.2 Å². The van der Waals surface area contributed by atoms with E-state index < -0.39 is 22.2 Å². The van der Waals surface area contributed by atoms with Gasteiger partial charge in [0.25, 0.3) is 0 Å². The molecule has 1 heterocycles. The van der Waals surface area contributed by atoms with Crippen molar-refractivity contribution in [3.05, 3.63) is 12.2 Å². The first-order valence-corrected chi connectivity index (χ1v) is 10.8. The van der Waals surface area contributed by atoms with E-state index in [2.05, 4.69) is 18.4 Å². The number of carbonyl (C=O) groups is 4. The number of esters is 1. The summed E-state index contributed by atoms with van der Waals surface area (Å²) in [5.41, 5.74) is -0.996. The quantitative estimate of drug-likeness (QED) is 0.380. The zero-order valence-corrected chi connectivity index (χ0v) is 17.2. The molecule has 7 rings (SSSR count). The molecule has 6 aliphatic carbocycles. The molecule has 9 atom stereocenters. The van der Waals surface area contributed by atoms with E-state index in [4.69, 9.17) is 4.74 Å². The van der Waals surface area contributed by atoms with Crippen LogP contribution in [-0.4, -0.2) is 54.0 Å². The molecule has 4 unspecified atom stereocenters. The second-order valence-electron chi connectivity index (χ2n) is 11.0. The first-order valence-electron chi connectivity index (χ1n) is 10.8. The van der Waals surface area contributed by atoms with Gasteiger partial charge in [0.2, 0.25) is 11.6 Å². The highest BCUT2D eigenvalue weighted by Gasteiger charge is 2.86. The van der Waals surface area contributed by atoms with Crippen LogP contribution in [-0.2, 0) is 23.9 Å². The van der Waals surface area contributed by atoms with Gasteiger partial charge in [-0.1, -0.05) is 19.1 Å². The van der Waals surface area contributed by atoms with Gasteiger partial charge in [0.15, 0.2) is 0 Å². The molecule has 0 radical (unpaired) electrons. The molecule has 0 amide bonds. The summed E-state index contributed by atoms with van der Waals surface area (Å²) in [6.45, 7) is 8.27. The Morgan fingerprint density at radius 3 is 2.66 bits per heavy atom. The molecule has 6 nitrogen and oxygen atoms in total. The van der Waals surface area contributed by atoms with Gasteiger partial charge >= 0.3 is 5.97 Å². The van der Waals surface area contributed by atoms with Gasteiger partial charge in [-0.15, -0.1) is 0 Å². The smallest absolute Gasteiger partial charge is 0.302 e. The van der Waals surface area contributed by atoms with Gasteiger partial charge in [-0.05, 0) is 44.1 Å². The lowest BCUT2D eigenvalue weighted by atomic mass is 9.39. The van der Waals surface area contributed by atoms with Gasteiger partial charge in [0.1, 0.15) is 11.9 Å². The van der Waals surface area contributed by atoms with Crippen LogP contribution >= 0.6 is 0 Å². The number of hydrogen-bond acceptors (Lipinski definition) is 6. The molecule has 2 spiro atoms. The monoisotopic (exact) mass is 397 g/mol. The second kappa shape index (κ2) is 4.90. The molecule has 0 aromatic rings. The fourth-order valence-electron chi connectivity index (χ4n) is 9.62. The van der Waals surface area contributed by atoms with E-state index in [1.54, 1.807) is 0 Å². The number of fused-ring (bicyclic) bond motifs is 1. The van der Waals surface area contributed by atoms with Crippen LogP contribution in [0.2, 0.25) is 0 Å². The summed E-state index contributed by atoms with van der Waals surface area (Å²) in [5, 5.41) is 0. The molecule has 6 saturated carbocycles. The van der Waals surface area contributed by atoms with E-state index in [0.717, 1.165) is 5.57 Å². The lowest BCUT2D eigenvalue weighted by Crippen LogP contribution is -2.72. The van der Waals surface area contributed by atoms with Gasteiger partial charge in [-0.25, -0.2) is 0 Å². The third-order valence-electron chi connectivity index (χ3n) is 9.66. The van der Waals surface area contributed by atoms with Crippen molar-refractivity contribution < 1.29 is 23.9 Å². The molecule has 0 aromatic carbocycles. The zero-order chi connectivity index (χ0) is 20.7. The van der Waals surface area contributed by atoms with E-state index >= 15 is 0 Å². The number of allylic oxidation sites excluding steroid dienone is 1. The SMILES string of the molecule is C=C1CC23C(=O)C(=O)[C@H]4C56C[C@@H](OC(C)=O)C[C@@]4(C)CN(C)C5C2C(=O)[C@H]1C[C@H]36. The van der Waals surface area contributed by atoms with Crippen molar-refractivity contribution in [2.75, 3.05) is 13.6 Å². The summed E-state index contributed by atoms with van der Waals surface area (Å²) in [7, 11) is 2.05. The number of ether oxygens (including phenoxy) is 1. The fourth-order valence-corrected chi connectivity index (χ4v) is 9.62. The van der Waals surface area contributed by atoms with E-state index in [1.807, 2.05) is 7.05 Å². The molecule has 29 heavy (non-hydrogen) atoms. The fraction of sp³-hybridized carbons (Fsp3) is 0.739. The van der Waals surface area contributed by atoms with Crippen LogP contribution in [0.5, 0.6) is 0 Å². The maximum atomic E-state index is 13.7. The molecule has 0 N–H and O–H groups in total. The Labute approximate surface area is 170 Å². The molecule has 7 fully saturated rings. The first-order chi connectivity index (χ1) is 13.6. The third kappa shape index (κ3) is 1.65. The number of hydrogen-bond donors (Lipinski definition) is 0. The minimum absolute atomic E-state index is 0.00571. The summed E-state index contributed by atoms with van der Waals surface area (Å²) in [6.07, 6.45) is 1.99. The third-order valence-corrected chi connectivity index (χ3v) is 9.66. The van der Waals surface area contributed by atoms with Crippen LogP contribution in [0.3, 0.4) is 0 Å². The zero-order valence-electron chi connectivity index (χ0n) is 17.2. The predicted molar refractivity (Wildman–Crippen MR) is 102 cm³/mol. The van der Waals surface area contributed by atoms with Crippen LogP contribution in [0.1, 0.15) is 39.5 Å². The average Bonchev–Trinajstić information content (AvgIpc) is 2.74. The predicted octanol–water partition coefficient (Wildman–Crippen LogP) is 1.57. The van der Waals surface area contributed by atoms with Gasteiger partial charge in [0, 0.05) is 42.7 Å². The number of piperidine rings is 1. The minimum Gasteiger partial charge on any atom is -0.463 e. The second-order valence-corrected chi connectivity index (χ2v) is 11.0. The summed E-state index contributed by atoms with van der Waals surface area (Å²) in [4.78, 5) is 55.0. The Balaban J connectivity index is 1.63. The molecule has 6 heteroatoms. The highest BCUT2D eigenvalue weighted by Crippen LogP contribution is 2.80. The standard InChI is InChI=1S/C23H27NO5/c1-10-6-22-14-5-13(10)16(26)15(22)19-23(14)8-12(29-11(2)25)7-21(3,9-24(19)4)18(23)17(27)20(22)28/h12-15,18-19H,1,5-9H2,2-4H3/t12-,13-,14+,15?,18+,19?,21-,22?,23?/m0/s1. The molecule has 1 saturated heterocycles. The van der Waals surface area contributed by atoms with Crippen LogP contribution in [0, 0.1) is 39.9 Å². The average molecular weight is 397 g/mol. The van der Waals surface area contributed by atoms with E-state index in [0.29, 0.717) is 32.2 Å². The number of ketones is 3. The molecule has 154 valence electrons. The highest BCUT2D eigenvalue weighted by molar-refractivity contribution is 6.42. The summed E-state index contributed by atoms with van der Waals surface area (Å²) in [5.74, 6) is -1.78. The number of nitrogens with zero attached hydrogens (tertiary/aromatic N) is 1. The maximum absolute atomic E-state index is 13.7. The largest absolute Gasteiger partial charge is 0.463 e. The van der Waals surface area contributed by atoms with Crippen LogP contribution in [0.25, 0.3) is 0 Å². The van der Waals surface area contributed by atoms with E-state index in [1.165, 1.54) is 6.92 Å². The summed E-state index contributed by atoms with van der Waals surface area (Å²) in [6, 6.07) is -0.134.